The van der Waals surface area contributed by atoms with E-state index in [1.54, 1.807) is 41.3 Å². The van der Waals surface area contributed by atoms with Gasteiger partial charge in [-0.2, -0.15) is 0 Å². The van der Waals surface area contributed by atoms with E-state index < -0.39 is 0 Å². The highest BCUT2D eigenvalue weighted by Crippen LogP contribution is 2.48. The monoisotopic (exact) mass is 416 g/mol. The number of carbonyl (C=O) groups is 2. The van der Waals surface area contributed by atoms with E-state index in [1.807, 2.05) is 4.90 Å². The van der Waals surface area contributed by atoms with Gasteiger partial charge in [0.05, 0.1) is 0 Å². The molecule has 4 rings (SSSR count). The van der Waals surface area contributed by atoms with E-state index in [1.165, 1.54) is 12.1 Å². The van der Waals surface area contributed by atoms with Crippen molar-refractivity contribution < 1.29 is 18.7 Å². The van der Waals surface area contributed by atoms with E-state index in [0.717, 1.165) is 12.0 Å². The van der Waals surface area contributed by atoms with Gasteiger partial charge in [-0.3, -0.25) is 9.59 Å². The van der Waals surface area contributed by atoms with Gasteiger partial charge in [0.25, 0.3) is 5.91 Å². The summed E-state index contributed by atoms with van der Waals surface area (Å²) in [5.74, 6) is 0.508. The Hall–Kier alpha value is -2.60. The Kier molecular flexibility index (Phi) is 5.72. The summed E-state index contributed by atoms with van der Waals surface area (Å²) in [5.41, 5.74) is 1.01. The molecule has 2 aromatic rings. The van der Waals surface area contributed by atoms with Crippen molar-refractivity contribution >= 4 is 23.4 Å². The van der Waals surface area contributed by atoms with Gasteiger partial charge in [0, 0.05) is 37.1 Å². The van der Waals surface area contributed by atoms with Crippen LogP contribution in [-0.2, 0) is 9.59 Å². The number of piperazine rings is 1. The number of ether oxygens (including phenoxy) is 1. The van der Waals surface area contributed by atoms with E-state index in [-0.39, 0.29) is 36.1 Å². The smallest absolute Gasteiger partial charge is 0.260 e. The second-order valence-electron chi connectivity index (χ2n) is 7.45. The van der Waals surface area contributed by atoms with E-state index in [2.05, 4.69) is 0 Å². The highest BCUT2D eigenvalue weighted by Gasteiger charge is 2.46. The Bertz CT molecular complexity index is 880. The van der Waals surface area contributed by atoms with Crippen LogP contribution in [0.3, 0.4) is 0 Å². The number of nitrogens with zero attached hydrogens (tertiary/aromatic N) is 2. The molecule has 29 heavy (non-hydrogen) atoms. The summed E-state index contributed by atoms with van der Waals surface area (Å²) in [6.07, 6.45) is 0.804. The number of rotatable bonds is 5. The highest BCUT2D eigenvalue weighted by molar-refractivity contribution is 6.30. The van der Waals surface area contributed by atoms with Gasteiger partial charge in [0.15, 0.2) is 6.61 Å². The van der Waals surface area contributed by atoms with Crippen LogP contribution in [0.15, 0.2) is 48.5 Å². The van der Waals surface area contributed by atoms with Gasteiger partial charge in [-0.05, 0) is 54.3 Å². The molecule has 2 amide bonds. The Labute approximate surface area is 174 Å². The van der Waals surface area contributed by atoms with Gasteiger partial charge >= 0.3 is 0 Å². The van der Waals surface area contributed by atoms with Crippen LogP contribution in [0.4, 0.5) is 4.39 Å². The molecule has 2 aromatic carbocycles. The number of halogens is 2. The first-order chi connectivity index (χ1) is 14.0. The number of carbonyl (C=O) groups excluding carboxylic acids is 2. The third-order valence-corrected chi connectivity index (χ3v) is 5.78. The Balaban J connectivity index is 1.23. The summed E-state index contributed by atoms with van der Waals surface area (Å²) in [5, 5.41) is 0.613. The highest BCUT2D eigenvalue weighted by atomic mass is 35.5. The molecule has 7 heteroatoms. The molecule has 0 N–H and O–H groups in total. The molecule has 0 spiro atoms. The van der Waals surface area contributed by atoms with Crippen LogP contribution in [0, 0.1) is 11.7 Å². The van der Waals surface area contributed by atoms with Gasteiger partial charge < -0.3 is 14.5 Å². The average Bonchev–Trinajstić information content (AvgIpc) is 3.54. The molecule has 1 aliphatic heterocycles. The van der Waals surface area contributed by atoms with Crippen LogP contribution in [-0.4, -0.2) is 54.4 Å². The lowest BCUT2D eigenvalue weighted by atomic mass is 10.1. The van der Waals surface area contributed by atoms with Crippen LogP contribution in [0.2, 0.25) is 5.02 Å². The molecule has 0 radical (unpaired) electrons. The molecule has 152 valence electrons. The minimum absolute atomic E-state index is 0.0315. The van der Waals surface area contributed by atoms with Gasteiger partial charge in [0.1, 0.15) is 11.6 Å². The van der Waals surface area contributed by atoms with Crippen molar-refractivity contribution in [2.45, 2.75) is 12.3 Å². The number of benzene rings is 2. The number of hydrogen-bond acceptors (Lipinski definition) is 3. The van der Waals surface area contributed by atoms with Crippen molar-refractivity contribution in [3.8, 4) is 5.75 Å². The molecule has 1 aliphatic carbocycles. The number of hydrogen-bond donors (Lipinski definition) is 0. The molecule has 0 aromatic heterocycles. The van der Waals surface area contributed by atoms with Crippen molar-refractivity contribution in [2.24, 2.45) is 5.92 Å². The molecule has 0 bridgehead atoms. The van der Waals surface area contributed by atoms with Crippen molar-refractivity contribution in [3.63, 3.8) is 0 Å². The van der Waals surface area contributed by atoms with Crippen LogP contribution in [0.5, 0.6) is 5.75 Å². The predicted octanol–water partition coefficient (Wildman–Crippen LogP) is 3.33. The quantitative estimate of drug-likeness (QED) is 0.751. The lowest BCUT2D eigenvalue weighted by Crippen LogP contribution is -2.52. The summed E-state index contributed by atoms with van der Waals surface area (Å²) in [4.78, 5) is 28.7. The van der Waals surface area contributed by atoms with E-state index >= 15 is 0 Å². The van der Waals surface area contributed by atoms with Crippen LogP contribution in [0.25, 0.3) is 0 Å². The van der Waals surface area contributed by atoms with Crippen LogP contribution in [0.1, 0.15) is 17.9 Å². The molecule has 1 saturated carbocycles. The Morgan fingerprint density at radius 3 is 2.24 bits per heavy atom. The SMILES string of the molecule is O=C(COc1ccc(Cl)cc1)N1CCN(C(=O)C2CC2c2ccc(F)cc2)CC1. The topological polar surface area (TPSA) is 49.9 Å². The molecule has 2 unspecified atom stereocenters. The predicted molar refractivity (Wildman–Crippen MR) is 107 cm³/mol. The van der Waals surface area contributed by atoms with Gasteiger partial charge in [-0.15, -0.1) is 0 Å². The van der Waals surface area contributed by atoms with Gasteiger partial charge in [-0.1, -0.05) is 23.7 Å². The summed E-state index contributed by atoms with van der Waals surface area (Å²) in [6.45, 7) is 2.02. The third-order valence-electron chi connectivity index (χ3n) is 5.53. The summed E-state index contributed by atoms with van der Waals surface area (Å²) in [7, 11) is 0. The van der Waals surface area contributed by atoms with E-state index in [9.17, 15) is 14.0 Å². The zero-order valence-corrected chi connectivity index (χ0v) is 16.6. The molecule has 1 saturated heterocycles. The van der Waals surface area contributed by atoms with Crippen molar-refractivity contribution in [2.75, 3.05) is 32.8 Å². The lowest BCUT2D eigenvalue weighted by molar-refractivity contribution is -0.141. The second kappa shape index (κ2) is 8.41. The van der Waals surface area contributed by atoms with Crippen molar-refractivity contribution in [1.82, 2.24) is 9.80 Å². The normalized spacial score (nSPS) is 21.0. The Morgan fingerprint density at radius 1 is 0.966 bits per heavy atom. The molecule has 2 atom stereocenters. The Morgan fingerprint density at radius 2 is 1.59 bits per heavy atom. The molecule has 5 nitrogen and oxygen atoms in total. The fourth-order valence-corrected chi connectivity index (χ4v) is 3.85. The maximum atomic E-state index is 13.1. The molecular formula is C22H22ClFN2O3. The van der Waals surface area contributed by atoms with Crippen LogP contribution < -0.4 is 4.74 Å². The van der Waals surface area contributed by atoms with Crippen molar-refractivity contribution in [3.05, 3.63) is 64.9 Å². The minimum atomic E-state index is -0.266. The summed E-state index contributed by atoms with van der Waals surface area (Å²) in [6, 6.07) is 13.2. The average molecular weight is 417 g/mol. The lowest BCUT2D eigenvalue weighted by Gasteiger charge is -2.35. The molecule has 2 fully saturated rings. The second-order valence-corrected chi connectivity index (χ2v) is 7.89. The van der Waals surface area contributed by atoms with Gasteiger partial charge in [-0.25, -0.2) is 4.39 Å². The summed E-state index contributed by atoms with van der Waals surface area (Å²) < 4.78 is 18.6. The fourth-order valence-electron chi connectivity index (χ4n) is 3.72. The zero-order chi connectivity index (χ0) is 20.4. The van der Waals surface area contributed by atoms with E-state index in [4.69, 9.17) is 16.3 Å². The molecule has 2 aliphatic rings. The number of amides is 2. The van der Waals surface area contributed by atoms with Gasteiger partial charge in [0.2, 0.25) is 5.91 Å². The third kappa shape index (κ3) is 4.70. The minimum Gasteiger partial charge on any atom is -0.484 e. The van der Waals surface area contributed by atoms with Crippen molar-refractivity contribution in [1.29, 1.82) is 0 Å². The first-order valence-electron chi connectivity index (χ1n) is 9.71. The maximum absolute atomic E-state index is 13.1. The fraction of sp³-hybridized carbons (Fsp3) is 0.364. The first kappa shape index (κ1) is 19.7. The molecular weight excluding hydrogens is 395 g/mol. The summed E-state index contributed by atoms with van der Waals surface area (Å²) >= 11 is 5.83. The molecule has 1 heterocycles. The largest absolute Gasteiger partial charge is 0.484 e. The maximum Gasteiger partial charge on any atom is 0.260 e. The standard InChI is InChI=1S/C22H22ClFN2O3/c23-16-3-7-18(8-4-16)29-14-21(27)25-9-11-26(12-10-25)22(28)20-13-19(20)15-1-5-17(24)6-2-15/h1-8,19-20H,9-14H2. The van der Waals surface area contributed by atoms with E-state index in [0.29, 0.717) is 37.0 Å². The zero-order valence-electron chi connectivity index (χ0n) is 15.9. The first-order valence-corrected chi connectivity index (χ1v) is 10.1. The van der Waals surface area contributed by atoms with Crippen LogP contribution >= 0.6 is 11.6 Å².